The minimum atomic E-state index is -1.16. The van der Waals surface area contributed by atoms with Gasteiger partial charge in [0.05, 0.1) is 11.1 Å². The number of carboxylic acid groups (broad SMARTS) is 1. The van der Waals surface area contributed by atoms with E-state index in [9.17, 15) is 9.59 Å². The summed E-state index contributed by atoms with van der Waals surface area (Å²) in [5, 5.41) is 11.7. The Morgan fingerprint density at radius 2 is 2.11 bits per heavy atom. The number of nitrogens with one attached hydrogen (secondary N) is 1. The second kappa shape index (κ2) is 6.11. The van der Waals surface area contributed by atoms with Crippen LogP contribution in [-0.4, -0.2) is 53.5 Å². The van der Waals surface area contributed by atoms with Crippen molar-refractivity contribution in [3.8, 4) is 0 Å². The Balaban J connectivity index is 2.81. The normalized spacial score (nSPS) is 12.2. The summed E-state index contributed by atoms with van der Waals surface area (Å²) in [7, 11) is 3.80. The summed E-state index contributed by atoms with van der Waals surface area (Å²) < 4.78 is 0. The summed E-state index contributed by atoms with van der Waals surface area (Å²) >= 11 is 0. The molecule has 1 unspecified atom stereocenters. The lowest BCUT2D eigenvalue weighted by Gasteiger charge is -2.18. The van der Waals surface area contributed by atoms with Crippen LogP contribution in [0.2, 0.25) is 0 Å². The van der Waals surface area contributed by atoms with Crippen molar-refractivity contribution in [1.82, 2.24) is 15.2 Å². The van der Waals surface area contributed by atoms with Crippen molar-refractivity contribution in [3.63, 3.8) is 0 Å². The third kappa shape index (κ3) is 3.81. The molecule has 6 nitrogen and oxygen atoms in total. The minimum Gasteiger partial charge on any atom is -0.478 e. The predicted octanol–water partition coefficient (Wildman–Crippen LogP) is 0.460. The van der Waals surface area contributed by atoms with Crippen LogP contribution < -0.4 is 5.32 Å². The lowest BCUT2D eigenvalue weighted by atomic mass is 10.1. The van der Waals surface area contributed by atoms with E-state index in [-0.39, 0.29) is 17.2 Å². The van der Waals surface area contributed by atoms with Gasteiger partial charge in [-0.3, -0.25) is 9.78 Å². The summed E-state index contributed by atoms with van der Waals surface area (Å²) in [6.45, 7) is 2.54. The van der Waals surface area contributed by atoms with E-state index in [4.69, 9.17) is 5.11 Å². The molecule has 98 valence electrons. The first-order valence-electron chi connectivity index (χ1n) is 5.54. The Labute approximate surface area is 106 Å². The molecule has 1 rings (SSSR count). The van der Waals surface area contributed by atoms with Gasteiger partial charge < -0.3 is 15.3 Å². The Kier molecular flexibility index (Phi) is 4.79. The van der Waals surface area contributed by atoms with Crippen molar-refractivity contribution in [2.45, 2.75) is 13.0 Å². The van der Waals surface area contributed by atoms with Gasteiger partial charge in [0.15, 0.2) is 0 Å². The van der Waals surface area contributed by atoms with Crippen LogP contribution in [0.15, 0.2) is 18.5 Å². The fourth-order valence-electron chi connectivity index (χ4n) is 1.66. The van der Waals surface area contributed by atoms with Gasteiger partial charge in [0.2, 0.25) is 0 Å². The van der Waals surface area contributed by atoms with Crippen LogP contribution in [0.4, 0.5) is 0 Å². The Bertz CT molecular complexity index is 446. The highest BCUT2D eigenvalue weighted by Crippen LogP contribution is 2.07. The van der Waals surface area contributed by atoms with Crippen LogP contribution in [0.3, 0.4) is 0 Å². The highest BCUT2D eigenvalue weighted by atomic mass is 16.4. The molecule has 1 heterocycles. The quantitative estimate of drug-likeness (QED) is 0.794. The number of carboxylic acids is 1. The number of hydrogen-bond donors (Lipinski definition) is 2. The van der Waals surface area contributed by atoms with Crippen LogP contribution in [0, 0.1) is 0 Å². The molecule has 18 heavy (non-hydrogen) atoms. The highest BCUT2D eigenvalue weighted by molar-refractivity contribution is 6.04. The maximum atomic E-state index is 11.9. The molecule has 0 radical (unpaired) electrons. The van der Waals surface area contributed by atoms with Crippen LogP contribution in [0.25, 0.3) is 0 Å². The summed E-state index contributed by atoms with van der Waals surface area (Å²) in [5.74, 6) is -1.56. The van der Waals surface area contributed by atoms with E-state index >= 15 is 0 Å². The first-order chi connectivity index (χ1) is 8.41. The number of aromatic nitrogens is 1. The monoisotopic (exact) mass is 251 g/mol. The molecule has 0 aliphatic rings. The van der Waals surface area contributed by atoms with Gasteiger partial charge in [0.1, 0.15) is 0 Å². The molecule has 1 aromatic heterocycles. The number of hydrogen-bond acceptors (Lipinski definition) is 4. The molecule has 0 saturated heterocycles. The highest BCUT2D eigenvalue weighted by Gasteiger charge is 2.17. The third-order valence-electron chi connectivity index (χ3n) is 2.31. The Hall–Kier alpha value is -1.95. The molecule has 1 aromatic rings. The van der Waals surface area contributed by atoms with Crippen LogP contribution in [-0.2, 0) is 0 Å². The molecule has 0 spiro atoms. The van der Waals surface area contributed by atoms with Crippen LogP contribution >= 0.6 is 0 Å². The number of aromatic carboxylic acids is 1. The first-order valence-corrected chi connectivity index (χ1v) is 5.54. The fraction of sp³-hybridized carbons (Fsp3) is 0.417. The SMILES string of the molecule is CC(CN(C)C)NC(=O)c1ccncc1C(=O)O. The molecule has 6 heteroatoms. The fourth-order valence-corrected chi connectivity index (χ4v) is 1.66. The van der Waals surface area contributed by atoms with E-state index in [1.165, 1.54) is 18.5 Å². The van der Waals surface area contributed by atoms with E-state index < -0.39 is 11.9 Å². The largest absolute Gasteiger partial charge is 0.478 e. The molecule has 0 saturated carbocycles. The molecule has 0 aliphatic heterocycles. The summed E-state index contributed by atoms with van der Waals surface area (Å²) in [4.78, 5) is 28.6. The lowest BCUT2D eigenvalue weighted by molar-refractivity contribution is 0.0690. The number of nitrogens with zero attached hydrogens (tertiary/aromatic N) is 2. The molecule has 0 bridgehead atoms. The maximum absolute atomic E-state index is 11.9. The molecule has 0 fully saturated rings. The van der Waals surface area contributed by atoms with Crippen molar-refractivity contribution in [1.29, 1.82) is 0 Å². The average molecular weight is 251 g/mol. The number of carbonyl (C=O) groups excluding carboxylic acids is 1. The van der Waals surface area contributed by atoms with Crippen molar-refractivity contribution in [2.24, 2.45) is 0 Å². The van der Waals surface area contributed by atoms with E-state index in [2.05, 4.69) is 10.3 Å². The lowest BCUT2D eigenvalue weighted by Crippen LogP contribution is -2.40. The van der Waals surface area contributed by atoms with Gasteiger partial charge >= 0.3 is 5.97 Å². The number of likely N-dealkylation sites (N-methyl/N-ethyl adjacent to an activating group) is 1. The van der Waals surface area contributed by atoms with Gasteiger partial charge in [-0.15, -0.1) is 0 Å². The molecular weight excluding hydrogens is 234 g/mol. The zero-order valence-corrected chi connectivity index (χ0v) is 10.7. The van der Waals surface area contributed by atoms with Gasteiger partial charge in [-0.05, 0) is 27.1 Å². The Morgan fingerprint density at radius 3 is 2.67 bits per heavy atom. The first kappa shape index (κ1) is 14.1. The molecule has 2 N–H and O–H groups in total. The van der Waals surface area contributed by atoms with Crippen LogP contribution in [0.1, 0.15) is 27.6 Å². The molecule has 1 atom stereocenters. The Morgan fingerprint density at radius 1 is 1.44 bits per heavy atom. The summed E-state index contributed by atoms with van der Waals surface area (Å²) in [6.07, 6.45) is 2.58. The smallest absolute Gasteiger partial charge is 0.338 e. The minimum absolute atomic E-state index is 0.0673. The van der Waals surface area contributed by atoms with E-state index in [0.29, 0.717) is 6.54 Å². The van der Waals surface area contributed by atoms with Crippen molar-refractivity contribution in [2.75, 3.05) is 20.6 Å². The van der Waals surface area contributed by atoms with Gasteiger partial charge in [0.25, 0.3) is 5.91 Å². The van der Waals surface area contributed by atoms with Crippen molar-refractivity contribution >= 4 is 11.9 Å². The van der Waals surface area contributed by atoms with Gasteiger partial charge in [-0.25, -0.2) is 4.79 Å². The van der Waals surface area contributed by atoms with Gasteiger partial charge in [-0.2, -0.15) is 0 Å². The van der Waals surface area contributed by atoms with Crippen molar-refractivity contribution < 1.29 is 14.7 Å². The second-order valence-corrected chi connectivity index (χ2v) is 4.36. The predicted molar refractivity (Wildman–Crippen MR) is 66.7 cm³/mol. The van der Waals surface area contributed by atoms with Crippen LogP contribution in [0.5, 0.6) is 0 Å². The number of amides is 1. The topological polar surface area (TPSA) is 82.5 Å². The van der Waals surface area contributed by atoms with E-state index in [1.54, 1.807) is 0 Å². The summed E-state index contributed by atoms with van der Waals surface area (Å²) in [5.41, 5.74) is 0.0372. The maximum Gasteiger partial charge on any atom is 0.338 e. The molecule has 0 aliphatic carbocycles. The van der Waals surface area contributed by atoms with E-state index in [0.717, 1.165) is 0 Å². The zero-order valence-electron chi connectivity index (χ0n) is 10.7. The van der Waals surface area contributed by atoms with Crippen molar-refractivity contribution in [3.05, 3.63) is 29.6 Å². The van der Waals surface area contributed by atoms with Gasteiger partial charge in [-0.1, -0.05) is 0 Å². The standard InChI is InChI=1S/C12H17N3O3/c1-8(7-15(2)3)14-11(16)9-4-5-13-6-10(9)12(17)18/h4-6,8H,7H2,1-3H3,(H,14,16)(H,17,18). The van der Waals surface area contributed by atoms with E-state index in [1.807, 2.05) is 25.9 Å². The number of carbonyl (C=O) groups is 2. The number of rotatable bonds is 5. The molecule has 0 aromatic carbocycles. The average Bonchev–Trinajstić information content (AvgIpc) is 2.27. The number of pyridine rings is 1. The second-order valence-electron chi connectivity index (χ2n) is 4.36. The third-order valence-corrected chi connectivity index (χ3v) is 2.31. The van der Waals surface area contributed by atoms with Gasteiger partial charge in [0, 0.05) is 25.0 Å². The summed E-state index contributed by atoms with van der Waals surface area (Å²) in [6, 6.07) is 1.34. The zero-order chi connectivity index (χ0) is 13.7. The molecular formula is C12H17N3O3. The molecule has 1 amide bonds.